The fourth-order valence-electron chi connectivity index (χ4n) is 3.63. The number of aromatic nitrogens is 2. The van der Waals surface area contributed by atoms with E-state index in [-0.39, 0.29) is 36.2 Å². The van der Waals surface area contributed by atoms with Gasteiger partial charge in [0.15, 0.2) is 11.5 Å². The summed E-state index contributed by atoms with van der Waals surface area (Å²) in [5.74, 6) is 0.109. The molecule has 2 rings (SSSR count). The number of nitrogens with zero attached hydrogens (tertiary/aromatic N) is 2. The molecule has 1 amide bonds. The molecule has 0 unspecified atom stereocenters. The summed E-state index contributed by atoms with van der Waals surface area (Å²) in [4.78, 5) is 37.3. The van der Waals surface area contributed by atoms with E-state index in [1.54, 1.807) is 25.0 Å². The van der Waals surface area contributed by atoms with Gasteiger partial charge in [0.2, 0.25) is 0 Å². The Labute approximate surface area is 200 Å². The molecule has 0 fully saturated rings. The van der Waals surface area contributed by atoms with Crippen LogP contribution in [0.5, 0.6) is 11.5 Å². The highest BCUT2D eigenvalue weighted by molar-refractivity contribution is 5.98. The van der Waals surface area contributed by atoms with Crippen molar-refractivity contribution >= 4 is 17.7 Å². The average Bonchev–Trinajstić information content (AvgIpc) is 3.22. The van der Waals surface area contributed by atoms with Crippen LogP contribution in [0.25, 0.3) is 11.3 Å². The number of carbonyl (C=O) groups excluding carboxylic acids is 3. The first-order valence-electron chi connectivity index (χ1n) is 11.3. The van der Waals surface area contributed by atoms with Gasteiger partial charge in [-0.1, -0.05) is 33.8 Å². The van der Waals surface area contributed by atoms with Crippen molar-refractivity contribution in [1.82, 2.24) is 15.1 Å². The van der Waals surface area contributed by atoms with Crippen LogP contribution in [0.1, 0.15) is 51.0 Å². The van der Waals surface area contributed by atoms with Gasteiger partial charge in [-0.05, 0) is 30.0 Å². The number of benzene rings is 1. The Kier molecular flexibility index (Phi) is 9.65. The van der Waals surface area contributed by atoms with Crippen LogP contribution in [-0.4, -0.2) is 54.8 Å². The van der Waals surface area contributed by atoms with Crippen molar-refractivity contribution < 1.29 is 28.6 Å². The molecule has 0 aliphatic heterocycles. The minimum absolute atomic E-state index is 0.0126. The molecule has 1 aromatic heterocycles. The molecule has 0 saturated carbocycles. The lowest BCUT2D eigenvalue weighted by Gasteiger charge is -2.20. The van der Waals surface area contributed by atoms with Gasteiger partial charge in [-0.25, -0.2) is 0 Å². The number of nitrogens with one attached hydrogen (secondary N) is 1. The van der Waals surface area contributed by atoms with Crippen LogP contribution in [0.2, 0.25) is 0 Å². The van der Waals surface area contributed by atoms with Crippen LogP contribution in [0.4, 0.5) is 0 Å². The van der Waals surface area contributed by atoms with E-state index in [2.05, 4.69) is 29.0 Å². The largest absolute Gasteiger partial charge is 0.496 e. The quantitative estimate of drug-likeness (QED) is 0.470. The first kappa shape index (κ1) is 26.9. The topological polar surface area (TPSA) is 109 Å². The van der Waals surface area contributed by atoms with Gasteiger partial charge in [0.05, 0.1) is 45.0 Å². The van der Waals surface area contributed by atoms with E-state index in [0.29, 0.717) is 29.3 Å². The summed E-state index contributed by atoms with van der Waals surface area (Å²) < 4.78 is 17.5. The number of rotatable bonds is 12. The van der Waals surface area contributed by atoms with Crippen molar-refractivity contribution in [1.29, 1.82) is 0 Å². The van der Waals surface area contributed by atoms with Crippen molar-refractivity contribution in [2.75, 3.05) is 21.3 Å². The number of Topliss-reactive ketones (excluding diaryl/α,β-unsaturated/α-hetero) is 1. The highest BCUT2D eigenvalue weighted by atomic mass is 16.5. The number of amides is 1. The van der Waals surface area contributed by atoms with E-state index in [1.807, 2.05) is 32.0 Å². The Hall–Kier alpha value is -3.36. The van der Waals surface area contributed by atoms with Crippen LogP contribution in [0, 0.1) is 11.8 Å². The molecule has 1 heterocycles. The van der Waals surface area contributed by atoms with E-state index in [0.717, 1.165) is 0 Å². The normalized spacial score (nSPS) is 11.9. The zero-order valence-electron chi connectivity index (χ0n) is 21.0. The molecule has 0 radical (unpaired) electrons. The van der Waals surface area contributed by atoms with Gasteiger partial charge in [-0.15, -0.1) is 0 Å². The van der Waals surface area contributed by atoms with E-state index < -0.39 is 17.9 Å². The maximum Gasteiger partial charge on any atom is 0.305 e. The van der Waals surface area contributed by atoms with E-state index in [9.17, 15) is 14.4 Å². The van der Waals surface area contributed by atoms with Crippen LogP contribution in [-0.2, 0) is 20.9 Å². The Morgan fingerprint density at radius 3 is 2.12 bits per heavy atom. The minimum Gasteiger partial charge on any atom is -0.496 e. The molecule has 34 heavy (non-hydrogen) atoms. The van der Waals surface area contributed by atoms with Gasteiger partial charge in [-0.2, -0.15) is 5.10 Å². The molecule has 0 saturated heterocycles. The molecule has 1 aromatic carbocycles. The Morgan fingerprint density at radius 2 is 1.62 bits per heavy atom. The number of methoxy groups -OCH3 is 3. The highest BCUT2D eigenvalue weighted by Crippen LogP contribution is 2.38. The molecule has 0 aliphatic carbocycles. The second-order valence-electron chi connectivity index (χ2n) is 8.77. The minimum atomic E-state index is -0.753. The van der Waals surface area contributed by atoms with E-state index in [4.69, 9.17) is 9.47 Å². The second-order valence-corrected chi connectivity index (χ2v) is 8.77. The maximum absolute atomic E-state index is 13.2. The van der Waals surface area contributed by atoms with Gasteiger partial charge >= 0.3 is 5.97 Å². The smallest absolute Gasteiger partial charge is 0.305 e. The highest BCUT2D eigenvalue weighted by Gasteiger charge is 2.27. The number of hydrogen-bond acceptors (Lipinski definition) is 7. The van der Waals surface area contributed by atoms with Crippen LogP contribution in [0.15, 0.2) is 24.3 Å². The number of esters is 1. The molecule has 2 aromatic rings. The molecule has 0 aliphatic rings. The fraction of sp³-hybridized carbons (Fsp3) is 0.520. The van der Waals surface area contributed by atoms with Crippen molar-refractivity contribution in [2.24, 2.45) is 11.8 Å². The van der Waals surface area contributed by atoms with Gasteiger partial charge < -0.3 is 19.5 Å². The lowest BCUT2D eigenvalue weighted by Crippen LogP contribution is -2.44. The summed E-state index contributed by atoms with van der Waals surface area (Å²) in [6, 6.07) is 6.38. The third-order valence-electron chi connectivity index (χ3n) is 5.34. The van der Waals surface area contributed by atoms with E-state index in [1.165, 1.54) is 7.11 Å². The number of carbonyl (C=O) groups is 3. The Bertz CT molecular complexity index is 990. The summed E-state index contributed by atoms with van der Waals surface area (Å²) >= 11 is 0. The molecule has 0 spiro atoms. The second kappa shape index (κ2) is 12.2. The SMILES string of the molecule is COC(=O)CCC(=O)[C@@H](NC(=O)c1cc(-c2c(OC)cccc2OC)n(CC(C)C)n1)C(C)C. The maximum atomic E-state index is 13.2. The van der Waals surface area contributed by atoms with Crippen molar-refractivity contribution in [3.63, 3.8) is 0 Å². The summed E-state index contributed by atoms with van der Waals surface area (Å²) in [6.45, 7) is 8.35. The molecule has 9 heteroatoms. The van der Waals surface area contributed by atoms with Crippen LogP contribution < -0.4 is 14.8 Å². The summed E-state index contributed by atoms with van der Waals surface area (Å²) in [7, 11) is 4.42. The van der Waals surface area contributed by atoms with Crippen molar-refractivity contribution in [2.45, 2.75) is 53.1 Å². The molecular formula is C25H35N3O6. The third kappa shape index (κ3) is 6.59. The molecule has 9 nitrogen and oxygen atoms in total. The van der Waals surface area contributed by atoms with Gasteiger partial charge in [0.1, 0.15) is 11.5 Å². The Morgan fingerprint density at radius 1 is 1.00 bits per heavy atom. The number of ketones is 1. The van der Waals surface area contributed by atoms with Crippen molar-refractivity contribution in [3.8, 4) is 22.8 Å². The molecule has 0 bridgehead atoms. The number of ether oxygens (including phenoxy) is 3. The average molecular weight is 474 g/mol. The predicted octanol–water partition coefficient (Wildman–Crippen LogP) is 3.50. The Balaban J connectivity index is 2.41. The first-order valence-corrected chi connectivity index (χ1v) is 11.3. The van der Waals surface area contributed by atoms with Gasteiger partial charge in [0.25, 0.3) is 5.91 Å². The molecular weight excluding hydrogens is 438 g/mol. The lowest BCUT2D eigenvalue weighted by molar-refractivity contribution is -0.142. The van der Waals surface area contributed by atoms with Crippen LogP contribution >= 0.6 is 0 Å². The molecule has 1 N–H and O–H groups in total. The monoisotopic (exact) mass is 473 g/mol. The zero-order chi connectivity index (χ0) is 25.4. The fourth-order valence-corrected chi connectivity index (χ4v) is 3.63. The predicted molar refractivity (Wildman–Crippen MR) is 128 cm³/mol. The zero-order valence-corrected chi connectivity index (χ0v) is 21.0. The van der Waals surface area contributed by atoms with Crippen LogP contribution in [0.3, 0.4) is 0 Å². The van der Waals surface area contributed by atoms with E-state index >= 15 is 0 Å². The lowest BCUT2D eigenvalue weighted by atomic mass is 9.96. The summed E-state index contributed by atoms with van der Waals surface area (Å²) in [5, 5.41) is 7.34. The number of hydrogen-bond donors (Lipinski definition) is 1. The summed E-state index contributed by atoms with van der Waals surface area (Å²) in [5.41, 5.74) is 1.54. The molecule has 186 valence electrons. The molecule has 1 atom stereocenters. The first-order chi connectivity index (χ1) is 16.1. The third-order valence-corrected chi connectivity index (χ3v) is 5.34. The van der Waals surface area contributed by atoms with Gasteiger partial charge in [0, 0.05) is 13.0 Å². The van der Waals surface area contributed by atoms with Gasteiger partial charge in [-0.3, -0.25) is 19.1 Å². The summed E-state index contributed by atoms with van der Waals surface area (Å²) in [6.07, 6.45) is -0.0452. The van der Waals surface area contributed by atoms with Crippen molar-refractivity contribution in [3.05, 3.63) is 30.0 Å². The standard InChI is InChI=1S/C25H35N3O6/c1-15(2)14-28-18(23-20(32-5)9-8-10-21(23)33-6)13-17(27-28)25(31)26-24(16(3)4)19(29)11-12-22(30)34-7/h8-10,13,15-16,24H,11-12,14H2,1-7H3,(H,26,31)/t24-/m0/s1.